The van der Waals surface area contributed by atoms with Crippen LogP contribution in [0.2, 0.25) is 0 Å². The smallest absolute Gasteiger partial charge is 0.228 e. The molecule has 0 aliphatic carbocycles. The number of halogens is 1. The Balaban J connectivity index is 0.00000261. The van der Waals surface area contributed by atoms with Gasteiger partial charge in [0.2, 0.25) is 11.8 Å². The van der Waals surface area contributed by atoms with Crippen LogP contribution in [0.15, 0.2) is 18.2 Å². The first-order valence-electron chi connectivity index (χ1n) is 9.40. The average molecular weight is 396 g/mol. The maximum Gasteiger partial charge on any atom is 0.228 e. The predicted octanol–water partition coefficient (Wildman–Crippen LogP) is 2.36. The molecule has 7 heteroatoms. The summed E-state index contributed by atoms with van der Waals surface area (Å²) in [5.74, 6) is 0.773. The van der Waals surface area contributed by atoms with Crippen LogP contribution in [0.4, 0.5) is 5.69 Å². The predicted molar refractivity (Wildman–Crippen MR) is 108 cm³/mol. The van der Waals surface area contributed by atoms with Crippen LogP contribution in [0.3, 0.4) is 0 Å². The van der Waals surface area contributed by atoms with Crippen LogP contribution in [0.1, 0.15) is 31.7 Å². The number of piperidine rings is 1. The molecular weight excluding hydrogens is 366 g/mol. The van der Waals surface area contributed by atoms with Crippen LogP contribution < -0.4 is 15.4 Å². The molecule has 3 unspecified atom stereocenters. The van der Waals surface area contributed by atoms with E-state index in [0.29, 0.717) is 24.8 Å². The number of rotatable bonds is 4. The molecule has 2 N–H and O–H groups in total. The highest BCUT2D eigenvalue weighted by Crippen LogP contribution is 2.34. The number of ether oxygens (including phenoxy) is 1. The van der Waals surface area contributed by atoms with Crippen molar-refractivity contribution < 1.29 is 14.3 Å². The van der Waals surface area contributed by atoms with Gasteiger partial charge in [0.15, 0.2) is 0 Å². The highest BCUT2D eigenvalue weighted by Gasteiger charge is 2.39. The third-order valence-corrected chi connectivity index (χ3v) is 5.61. The van der Waals surface area contributed by atoms with Gasteiger partial charge in [0, 0.05) is 32.1 Å². The summed E-state index contributed by atoms with van der Waals surface area (Å²) in [6, 6.07) is 5.85. The van der Waals surface area contributed by atoms with Crippen LogP contribution in [0.25, 0.3) is 0 Å². The van der Waals surface area contributed by atoms with Gasteiger partial charge >= 0.3 is 0 Å². The zero-order valence-electron chi connectivity index (χ0n) is 16.3. The molecule has 2 amide bonds. The van der Waals surface area contributed by atoms with Crippen molar-refractivity contribution in [3.8, 4) is 5.75 Å². The molecule has 0 spiro atoms. The number of anilines is 1. The first-order valence-corrected chi connectivity index (χ1v) is 9.40. The van der Waals surface area contributed by atoms with Gasteiger partial charge < -0.3 is 20.3 Å². The summed E-state index contributed by atoms with van der Waals surface area (Å²) in [4.78, 5) is 29.2. The second-order valence-electron chi connectivity index (χ2n) is 7.63. The lowest BCUT2D eigenvalue weighted by Crippen LogP contribution is -2.47. The van der Waals surface area contributed by atoms with Gasteiger partial charge in [-0.1, -0.05) is 6.07 Å². The van der Waals surface area contributed by atoms with E-state index in [0.717, 1.165) is 30.6 Å². The Hall–Kier alpha value is -1.79. The van der Waals surface area contributed by atoms with Gasteiger partial charge in [-0.2, -0.15) is 0 Å². The lowest BCUT2D eigenvalue weighted by molar-refractivity contribution is -0.137. The molecule has 150 valence electrons. The number of amides is 2. The van der Waals surface area contributed by atoms with Gasteiger partial charge in [0.05, 0.1) is 18.7 Å². The van der Waals surface area contributed by atoms with Gasteiger partial charge in [-0.05, 0) is 50.3 Å². The molecule has 1 aromatic rings. The lowest BCUT2D eigenvalue weighted by atomic mass is 9.91. The van der Waals surface area contributed by atoms with E-state index in [1.165, 1.54) is 0 Å². The molecule has 2 saturated heterocycles. The van der Waals surface area contributed by atoms with Crippen molar-refractivity contribution in [2.75, 3.05) is 31.6 Å². The van der Waals surface area contributed by atoms with Crippen LogP contribution in [-0.2, 0) is 9.59 Å². The summed E-state index contributed by atoms with van der Waals surface area (Å²) in [5, 5.41) is 0. The molecule has 0 bridgehead atoms. The van der Waals surface area contributed by atoms with Gasteiger partial charge in [-0.25, -0.2) is 0 Å². The van der Waals surface area contributed by atoms with Crippen LogP contribution in [0, 0.1) is 18.8 Å². The minimum atomic E-state index is -0.292. The van der Waals surface area contributed by atoms with E-state index in [-0.39, 0.29) is 42.6 Å². The molecule has 2 heterocycles. The first kappa shape index (κ1) is 21.5. The number of methoxy groups -OCH3 is 1. The second kappa shape index (κ2) is 8.93. The Bertz CT molecular complexity index is 695. The zero-order chi connectivity index (χ0) is 18.8. The monoisotopic (exact) mass is 395 g/mol. The molecule has 2 aliphatic rings. The Morgan fingerprint density at radius 3 is 2.74 bits per heavy atom. The molecule has 3 atom stereocenters. The van der Waals surface area contributed by atoms with Crippen molar-refractivity contribution in [2.45, 2.75) is 39.2 Å². The summed E-state index contributed by atoms with van der Waals surface area (Å²) in [5.41, 5.74) is 7.84. The second-order valence-corrected chi connectivity index (χ2v) is 7.63. The van der Waals surface area contributed by atoms with Gasteiger partial charge in [-0.3, -0.25) is 9.59 Å². The van der Waals surface area contributed by atoms with E-state index in [4.69, 9.17) is 10.5 Å². The molecule has 0 radical (unpaired) electrons. The first-order chi connectivity index (χ1) is 12.4. The molecule has 2 aliphatic heterocycles. The molecule has 0 saturated carbocycles. The summed E-state index contributed by atoms with van der Waals surface area (Å²) >= 11 is 0. The van der Waals surface area contributed by atoms with E-state index in [9.17, 15) is 9.59 Å². The molecule has 27 heavy (non-hydrogen) atoms. The fourth-order valence-corrected chi connectivity index (χ4v) is 4.01. The normalized spacial score (nSPS) is 23.8. The summed E-state index contributed by atoms with van der Waals surface area (Å²) in [6.45, 7) is 5.86. The standard InChI is InChI=1S/C20H29N3O3.ClH/c1-13-6-7-18(26-3)17(9-13)23-12-16(10-19(23)24)20(25)22-8-4-5-15(11-22)14(2)21;/h6-7,9,14-16H,4-5,8,10-12,21H2,1-3H3;1H. The Kier molecular flexibility index (Phi) is 7.12. The van der Waals surface area contributed by atoms with E-state index < -0.39 is 0 Å². The van der Waals surface area contributed by atoms with E-state index >= 15 is 0 Å². The van der Waals surface area contributed by atoms with Crippen LogP contribution in [0.5, 0.6) is 5.75 Å². The number of hydrogen-bond donors (Lipinski definition) is 1. The minimum Gasteiger partial charge on any atom is -0.495 e. The molecule has 2 fully saturated rings. The molecule has 6 nitrogen and oxygen atoms in total. The lowest BCUT2D eigenvalue weighted by Gasteiger charge is -2.35. The van der Waals surface area contributed by atoms with Crippen LogP contribution >= 0.6 is 12.4 Å². The number of benzene rings is 1. The van der Waals surface area contributed by atoms with Crippen molar-refractivity contribution in [2.24, 2.45) is 17.6 Å². The number of nitrogens with two attached hydrogens (primary N) is 1. The molecule has 3 rings (SSSR count). The third kappa shape index (κ3) is 4.55. The van der Waals surface area contributed by atoms with Crippen molar-refractivity contribution >= 4 is 29.9 Å². The molecule has 0 aromatic heterocycles. The third-order valence-electron chi connectivity index (χ3n) is 5.61. The van der Waals surface area contributed by atoms with Crippen LogP contribution in [-0.4, -0.2) is 49.5 Å². The fraction of sp³-hybridized carbons (Fsp3) is 0.600. The Morgan fingerprint density at radius 2 is 2.07 bits per heavy atom. The zero-order valence-corrected chi connectivity index (χ0v) is 17.1. The topological polar surface area (TPSA) is 75.9 Å². The molecular formula is C20H30ClN3O3. The highest BCUT2D eigenvalue weighted by molar-refractivity contribution is 6.01. The summed E-state index contributed by atoms with van der Waals surface area (Å²) in [7, 11) is 1.60. The van der Waals surface area contributed by atoms with Gasteiger partial charge in [0.25, 0.3) is 0 Å². The van der Waals surface area contributed by atoms with E-state index in [1.54, 1.807) is 12.0 Å². The maximum atomic E-state index is 13.0. The Morgan fingerprint density at radius 1 is 1.33 bits per heavy atom. The van der Waals surface area contributed by atoms with Crippen molar-refractivity contribution in [3.63, 3.8) is 0 Å². The number of nitrogens with zero attached hydrogens (tertiary/aromatic N) is 2. The largest absolute Gasteiger partial charge is 0.495 e. The minimum absolute atomic E-state index is 0. The van der Waals surface area contributed by atoms with Gasteiger partial charge in [-0.15, -0.1) is 12.4 Å². The number of carbonyl (C=O) groups is 2. The number of likely N-dealkylation sites (tertiary alicyclic amines) is 1. The van der Waals surface area contributed by atoms with E-state index in [2.05, 4.69) is 0 Å². The SMILES string of the molecule is COc1ccc(C)cc1N1CC(C(=O)N2CCCC(C(C)N)C2)CC1=O.Cl. The van der Waals surface area contributed by atoms with Crippen molar-refractivity contribution in [1.82, 2.24) is 4.90 Å². The quantitative estimate of drug-likeness (QED) is 0.849. The van der Waals surface area contributed by atoms with Gasteiger partial charge in [0.1, 0.15) is 5.75 Å². The fourth-order valence-electron chi connectivity index (χ4n) is 4.01. The van der Waals surface area contributed by atoms with Crippen molar-refractivity contribution in [3.05, 3.63) is 23.8 Å². The summed E-state index contributed by atoms with van der Waals surface area (Å²) < 4.78 is 5.41. The average Bonchev–Trinajstić information content (AvgIpc) is 3.02. The number of aryl methyl sites for hydroxylation is 1. The Labute approximate surface area is 167 Å². The number of hydrogen-bond acceptors (Lipinski definition) is 4. The van der Waals surface area contributed by atoms with Crippen molar-refractivity contribution in [1.29, 1.82) is 0 Å². The highest BCUT2D eigenvalue weighted by atomic mass is 35.5. The summed E-state index contributed by atoms with van der Waals surface area (Å²) in [6.07, 6.45) is 2.31. The molecule has 1 aromatic carbocycles. The number of carbonyl (C=O) groups excluding carboxylic acids is 2. The van der Waals surface area contributed by atoms with E-state index in [1.807, 2.05) is 36.9 Å². The maximum absolute atomic E-state index is 13.0.